The van der Waals surface area contributed by atoms with Gasteiger partial charge in [0.15, 0.2) is 0 Å². The van der Waals surface area contributed by atoms with E-state index in [2.05, 4.69) is 0 Å². The molecule has 0 heterocycles. The van der Waals surface area contributed by atoms with E-state index in [1.165, 1.54) is 167 Å². The van der Waals surface area contributed by atoms with E-state index in [9.17, 15) is 0 Å². The van der Waals surface area contributed by atoms with Crippen LogP contribution in [0.4, 0.5) is 0 Å². The highest BCUT2D eigenvalue weighted by Gasteiger charge is 2.51. The van der Waals surface area contributed by atoms with E-state index in [0.717, 1.165) is 65.1 Å². The fraction of sp³-hybridized carbons (Fsp3) is 1.00. The van der Waals surface area contributed by atoms with E-state index in [-0.39, 0.29) is 0 Å². The molecule has 16 saturated carbocycles. The minimum atomic E-state index is 0.328. The first kappa shape index (κ1) is 39.6. The third-order valence-corrected chi connectivity index (χ3v) is 18.7. The molecule has 0 aromatic carbocycles. The van der Waals surface area contributed by atoms with Crippen LogP contribution in [-0.4, -0.2) is 64.6 Å². The summed E-state index contributed by atoms with van der Waals surface area (Å²) in [7, 11) is 9.45. The van der Waals surface area contributed by atoms with E-state index in [4.69, 9.17) is 23.7 Å². The molecule has 0 spiro atoms. The Labute approximate surface area is 325 Å². The third kappa shape index (κ3) is 8.80. The standard InChI is InChI=1S/2C11H18O.2C9H16O.C8H14O/c1-12-11-5-8-2-9(6-11)4-10(3-8)7-11;1-12-11-9-3-7-2-8(5-9)6-10(11)4-7;1-10-9-5-2-8(3-6-9)4-7-9;1-10-9-6-7-2-4-8(9)5-3-7;1-9-8-4-2-7(6-8)3-5-8/h8-10H,2-7H2,1H3;7-11H,2-6H2,1H3;8H,2-7H2,1H3;7-9H,2-6H2,1H3;7H,2-6H2,1H3. The number of methoxy groups -OCH3 is 5. The zero-order chi connectivity index (χ0) is 36.6. The summed E-state index contributed by atoms with van der Waals surface area (Å²) in [5, 5.41) is 0. The Morgan fingerprint density at radius 2 is 0.755 bits per heavy atom. The second-order valence-electron chi connectivity index (χ2n) is 21.6. The topological polar surface area (TPSA) is 46.2 Å². The zero-order valence-corrected chi connectivity index (χ0v) is 35.1. The summed E-state index contributed by atoms with van der Waals surface area (Å²) in [5.41, 5.74) is 1.02. The number of hydrogen-bond acceptors (Lipinski definition) is 5. The molecule has 16 fully saturated rings. The average Bonchev–Trinajstić information content (AvgIpc) is 3.82. The molecule has 16 aliphatic carbocycles. The van der Waals surface area contributed by atoms with Crippen LogP contribution in [-0.2, 0) is 23.7 Å². The van der Waals surface area contributed by atoms with Gasteiger partial charge in [0, 0.05) is 35.5 Å². The van der Waals surface area contributed by atoms with Crippen molar-refractivity contribution in [1.82, 2.24) is 0 Å². The van der Waals surface area contributed by atoms with E-state index in [1.54, 1.807) is 6.42 Å². The molecule has 5 nitrogen and oxygen atoms in total. The Morgan fingerprint density at radius 3 is 1.08 bits per heavy atom. The van der Waals surface area contributed by atoms with E-state index in [1.807, 2.05) is 35.5 Å². The van der Waals surface area contributed by atoms with Crippen LogP contribution in [0.1, 0.15) is 173 Å². The molecule has 304 valence electrons. The van der Waals surface area contributed by atoms with Crippen LogP contribution < -0.4 is 0 Å². The summed E-state index contributed by atoms with van der Waals surface area (Å²) >= 11 is 0. The smallest absolute Gasteiger partial charge is 0.0686 e. The molecule has 0 N–H and O–H groups in total. The maximum atomic E-state index is 5.75. The van der Waals surface area contributed by atoms with Crippen molar-refractivity contribution in [1.29, 1.82) is 0 Å². The highest BCUT2D eigenvalue weighted by molar-refractivity contribution is 5.03. The van der Waals surface area contributed by atoms with Crippen LogP contribution in [0, 0.1) is 65.1 Å². The predicted molar refractivity (Wildman–Crippen MR) is 214 cm³/mol. The molecule has 16 rings (SSSR count). The number of ether oxygens (including phenoxy) is 5. The molecule has 14 bridgehead atoms. The fourth-order valence-corrected chi connectivity index (χ4v) is 16.1. The van der Waals surface area contributed by atoms with Crippen LogP contribution >= 0.6 is 0 Å². The Morgan fingerprint density at radius 1 is 0.321 bits per heavy atom. The minimum absolute atomic E-state index is 0.328. The average molecular weight is 739 g/mol. The van der Waals surface area contributed by atoms with Crippen molar-refractivity contribution in [2.45, 2.75) is 202 Å². The van der Waals surface area contributed by atoms with Crippen molar-refractivity contribution in [3.05, 3.63) is 0 Å². The minimum Gasteiger partial charge on any atom is -0.381 e. The Hall–Kier alpha value is -0.200. The van der Waals surface area contributed by atoms with Crippen LogP contribution in [0.25, 0.3) is 0 Å². The van der Waals surface area contributed by atoms with Gasteiger partial charge in [0.1, 0.15) is 0 Å². The van der Waals surface area contributed by atoms with Crippen molar-refractivity contribution in [3.63, 3.8) is 0 Å². The van der Waals surface area contributed by atoms with Gasteiger partial charge in [-0.1, -0.05) is 0 Å². The van der Waals surface area contributed by atoms with Gasteiger partial charge in [-0.3, -0.25) is 0 Å². The molecule has 53 heavy (non-hydrogen) atoms. The van der Waals surface area contributed by atoms with Gasteiger partial charge in [-0.25, -0.2) is 0 Å². The SMILES string of the molecule is COC12CC3CC(CC(C3)C1)C2.COC12CCC(CC1)C2.COC12CCC(CC1)CC2.COC1C2CC3CC(C2)CC1C3.COC1CC2CCC1CC2. The Kier molecular flexibility index (Phi) is 12.7. The number of rotatable bonds is 5. The largest absolute Gasteiger partial charge is 0.381 e. The van der Waals surface area contributed by atoms with Gasteiger partial charge in [0.05, 0.1) is 29.0 Å². The van der Waals surface area contributed by atoms with Crippen LogP contribution in [0.3, 0.4) is 0 Å². The van der Waals surface area contributed by atoms with Gasteiger partial charge in [-0.15, -0.1) is 0 Å². The van der Waals surface area contributed by atoms with Crippen molar-refractivity contribution in [2.24, 2.45) is 65.1 Å². The van der Waals surface area contributed by atoms with Gasteiger partial charge in [-0.05, 0) is 238 Å². The lowest BCUT2D eigenvalue weighted by Gasteiger charge is -2.55. The molecule has 0 radical (unpaired) electrons. The first-order valence-corrected chi connectivity index (χ1v) is 23.5. The first-order chi connectivity index (χ1) is 25.8. The van der Waals surface area contributed by atoms with Crippen molar-refractivity contribution < 1.29 is 23.7 Å². The van der Waals surface area contributed by atoms with E-state index >= 15 is 0 Å². The van der Waals surface area contributed by atoms with Crippen LogP contribution in [0.5, 0.6) is 0 Å². The second kappa shape index (κ2) is 17.0. The number of fused-ring (bicyclic) bond motifs is 8. The highest BCUT2D eigenvalue weighted by Crippen LogP contribution is 2.57. The summed E-state index contributed by atoms with van der Waals surface area (Å²) in [6.45, 7) is 0. The zero-order valence-electron chi connectivity index (χ0n) is 35.1. The van der Waals surface area contributed by atoms with Gasteiger partial charge in [0.2, 0.25) is 0 Å². The van der Waals surface area contributed by atoms with Crippen molar-refractivity contribution in [2.75, 3.05) is 35.5 Å². The van der Waals surface area contributed by atoms with Gasteiger partial charge < -0.3 is 23.7 Å². The van der Waals surface area contributed by atoms with E-state index < -0.39 is 0 Å². The molecule has 16 aliphatic rings. The third-order valence-electron chi connectivity index (χ3n) is 18.7. The Bertz CT molecular complexity index is 1070. The van der Waals surface area contributed by atoms with Crippen molar-refractivity contribution >= 4 is 0 Å². The summed E-state index contributed by atoms with van der Waals surface area (Å²) in [6.07, 6.45) is 39.7. The maximum Gasteiger partial charge on any atom is 0.0686 e. The molecule has 0 aliphatic heterocycles. The molecule has 0 aromatic rings. The monoisotopic (exact) mass is 739 g/mol. The summed E-state index contributed by atoms with van der Waals surface area (Å²) in [6, 6.07) is 0. The van der Waals surface area contributed by atoms with Crippen molar-refractivity contribution in [3.8, 4) is 0 Å². The summed E-state index contributed by atoms with van der Waals surface area (Å²) < 4.78 is 27.9. The first-order valence-electron chi connectivity index (χ1n) is 23.5. The molecular formula is C48H82O5. The lowest BCUT2D eigenvalue weighted by atomic mass is 9.54. The normalized spacial score (nSPS) is 51.0. The fourth-order valence-electron chi connectivity index (χ4n) is 16.1. The molecular weight excluding hydrogens is 657 g/mol. The van der Waals surface area contributed by atoms with Gasteiger partial charge in [-0.2, -0.15) is 0 Å². The van der Waals surface area contributed by atoms with E-state index in [0.29, 0.717) is 29.0 Å². The lowest BCUT2D eigenvalue weighted by Crippen LogP contribution is -2.51. The molecule has 1 unspecified atom stereocenters. The summed E-state index contributed by atoms with van der Waals surface area (Å²) in [4.78, 5) is 0. The molecule has 1 atom stereocenters. The maximum absolute atomic E-state index is 5.75. The van der Waals surface area contributed by atoms with Crippen LogP contribution in [0.2, 0.25) is 0 Å². The molecule has 0 aromatic heterocycles. The summed E-state index contributed by atoms with van der Waals surface area (Å²) in [5.74, 6) is 11.1. The number of hydrogen-bond donors (Lipinski definition) is 0. The molecule has 0 amide bonds. The second-order valence-corrected chi connectivity index (χ2v) is 21.6. The Balaban J connectivity index is 0.0000000948. The molecule has 0 saturated heterocycles. The van der Waals surface area contributed by atoms with Gasteiger partial charge >= 0.3 is 0 Å². The van der Waals surface area contributed by atoms with Crippen LogP contribution in [0.15, 0.2) is 0 Å². The highest BCUT2D eigenvalue weighted by atomic mass is 16.5. The predicted octanol–water partition coefficient (Wildman–Crippen LogP) is 11.6. The lowest BCUT2D eigenvalue weighted by molar-refractivity contribution is -0.145. The van der Waals surface area contributed by atoms with Gasteiger partial charge in [0.25, 0.3) is 0 Å². The molecule has 5 heteroatoms. The quantitative estimate of drug-likeness (QED) is 0.281.